The molecule has 2 aromatic carbocycles. The molecule has 0 amide bonds. The molecule has 1 aromatic heterocycles. The summed E-state index contributed by atoms with van der Waals surface area (Å²) < 4.78 is 10.6. The van der Waals surface area contributed by atoms with Gasteiger partial charge in [-0.1, -0.05) is 12.1 Å². The maximum atomic E-state index is 13.1. The monoisotopic (exact) mass is 368 g/mol. The SMILES string of the molecule is COC(=O)CCCCc1oc2cc(O)ccc2c(=O)c1-c1ccc(O)cc1. The van der Waals surface area contributed by atoms with Crippen LogP contribution in [0.1, 0.15) is 25.0 Å². The zero-order valence-electron chi connectivity index (χ0n) is 14.9. The molecule has 2 N–H and O–H groups in total. The topological polar surface area (TPSA) is 97.0 Å². The van der Waals surface area contributed by atoms with E-state index in [1.165, 1.54) is 37.4 Å². The van der Waals surface area contributed by atoms with Gasteiger partial charge in [0.2, 0.25) is 5.43 Å². The van der Waals surface area contributed by atoms with E-state index in [0.29, 0.717) is 53.5 Å². The Balaban J connectivity index is 2.02. The Morgan fingerprint density at radius 2 is 1.74 bits per heavy atom. The second kappa shape index (κ2) is 7.95. The molecule has 0 aliphatic rings. The number of phenols is 2. The van der Waals surface area contributed by atoms with Crippen molar-refractivity contribution in [3.05, 3.63) is 58.4 Å². The number of fused-ring (bicyclic) bond motifs is 1. The average molecular weight is 368 g/mol. The summed E-state index contributed by atoms with van der Waals surface area (Å²) in [5.41, 5.74) is 1.17. The first-order chi connectivity index (χ1) is 13.0. The molecule has 0 saturated heterocycles. The molecule has 0 spiro atoms. The maximum Gasteiger partial charge on any atom is 0.305 e. The molecular formula is C21H20O6. The zero-order valence-corrected chi connectivity index (χ0v) is 14.9. The highest BCUT2D eigenvalue weighted by Crippen LogP contribution is 2.28. The van der Waals surface area contributed by atoms with Crippen molar-refractivity contribution in [3.8, 4) is 22.6 Å². The fraction of sp³-hybridized carbons (Fsp3) is 0.238. The van der Waals surface area contributed by atoms with Crippen LogP contribution in [0.25, 0.3) is 22.1 Å². The summed E-state index contributed by atoms with van der Waals surface area (Å²) >= 11 is 0. The van der Waals surface area contributed by atoms with Gasteiger partial charge in [0.05, 0.1) is 18.1 Å². The molecule has 3 rings (SSSR count). The fourth-order valence-corrected chi connectivity index (χ4v) is 2.98. The number of carbonyl (C=O) groups is 1. The molecule has 3 aromatic rings. The van der Waals surface area contributed by atoms with Crippen molar-refractivity contribution in [3.63, 3.8) is 0 Å². The molecule has 0 atom stereocenters. The van der Waals surface area contributed by atoms with E-state index in [4.69, 9.17) is 4.42 Å². The lowest BCUT2D eigenvalue weighted by atomic mass is 9.99. The molecule has 0 saturated carbocycles. The van der Waals surface area contributed by atoms with Gasteiger partial charge in [0.1, 0.15) is 22.8 Å². The Morgan fingerprint density at radius 1 is 1.04 bits per heavy atom. The predicted octanol–water partition coefficient (Wildman–Crippen LogP) is 3.76. The van der Waals surface area contributed by atoms with E-state index >= 15 is 0 Å². The van der Waals surface area contributed by atoms with Crippen LogP contribution >= 0.6 is 0 Å². The van der Waals surface area contributed by atoms with E-state index in [0.717, 1.165) is 0 Å². The highest BCUT2D eigenvalue weighted by molar-refractivity contribution is 5.83. The summed E-state index contributed by atoms with van der Waals surface area (Å²) in [4.78, 5) is 24.3. The van der Waals surface area contributed by atoms with Crippen molar-refractivity contribution < 1.29 is 24.2 Å². The highest BCUT2D eigenvalue weighted by atomic mass is 16.5. The molecule has 6 heteroatoms. The van der Waals surface area contributed by atoms with Crippen LogP contribution in [0, 0.1) is 0 Å². The van der Waals surface area contributed by atoms with E-state index in [-0.39, 0.29) is 22.9 Å². The third kappa shape index (κ3) is 4.11. The quantitative estimate of drug-likeness (QED) is 0.508. The van der Waals surface area contributed by atoms with Crippen LogP contribution in [0.3, 0.4) is 0 Å². The lowest BCUT2D eigenvalue weighted by Gasteiger charge is -2.11. The summed E-state index contributed by atoms with van der Waals surface area (Å²) in [5, 5.41) is 19.6. The minimum Gasteiger partial charge on any atom is -0.508 e. The number of aromatic hydroxyl groups is 2. The van der Waals surface area contributed by atoms with Gasteiger partial charge in [-0.15, -0.1) is 0 Å². The first kappa shape index (κ1) is 18.5. The third-order valence-electron chi connectivity index (χ3n) is 4.37. The lowest BCUT2D eigenvalue weighted by Crippen LogP contribution is -2.09. The standard InChI is InChI=1S/C21H20O6/c1-26-19(24)5-3-2-4-17-20(13-6-8-14(22)9-7-13)21(25)16-11-10-15(23)12-18(16)27-17/h6-12,22-23H,2-5H2,1H3. The van der Waals surface area contributed by atoms with Crippen LogP contribution in [-0.2, 0) is 16.0 Å². The van der Waals surface area contributed by atoms with Crippen LogP contribution < -0.4 is 5.43 Å². The summed E-state index contributed by atoms with van der Waals surface area (Å²) in [6.07, 6.45) is 1.98. The minimum absolute atomic E-state index is 0.0136. The van der Waals surface area contributed by atoms with Gasteiger partial charge >= 0.3 is 5.97 Å². The summed E-state index contributed by atoms with van der Waals surface area (Å²) in [5.74, 6) is 0.320. The van der Waals surface area contributed by atoms with Crippen LogP contribution in [0.15, 0.2) is 51.7 Å². The highest BCUT2D eigenvalue weighted by Gasteiger charge is 2.17. The van der Waals surface area contributed by atoms with Gasteiger partial charge in [0.15, 0.2) is 0 Å². The average Bonchev–Trinajstić information content (AvgIpc) is 2.66. The molecule has 140 valence electrons. The van der Waals surface area contributed by atoms with Gasteiger partial charge in [-0.2, -0.15) is 0 Å². The summed E-state index contributed by atoms with van der Waals surface area (Å²) in [6, 6.07) is 10.7. The first-order valence-electron chi connectivity index (χ1n) is 8.64. The van der Waals surface area contributed by atoms with Gasteiger partial charge < -0.3 is 19.4 Å². The predicted molar refractivity (Wildman–Crippen MR) is 101 cm³/mol. The second-order valence-electron chi connectivity index (χ2n) is 6.24. The smallest absolute Gasteiger partial charge is 0.305 e. The molecule has 0 aliphatic heterocycles. The van der Waals surface area contributed by atoms with E-state index in [2.05, 4.69) is 4.74 Å². The van der Waals surface area contributed by atoms with Gasteiger partial charge in [-0.3, -0.25) is 9.59 Å². The summed E-state index contributed by atoms with van der Waals surface area (Å²) in [6.45, 7) is 0. The van der Waals surface area contributed by atoms with Crippen molar-refractivity contribution in [1.82, 2.24) is 0 Å². The largest absolute Gasteiger partial charge is 0.508 e. The number of hydrogen-bond donors (Lipinski definition) is 2. The molecule has 0 radical (unpaired) electrons. The molecule has 0 bridgehead atoms. The zero-order chi connectivity index (χ0) is 19.4. The molecule has 1 heterocycles. The summed E-state index contributed by atoms with van der Waals surface area (Å²) in [7, 11) is 1.35. The van der Waals surface area contributed by atoms with E-state index in [9.17, 15) is 19.8 Å². The van der Waals surface area contributed by atoms with Crippen molar-refractivity contribution in [1.29, 1.82) is 0 Å². The number of rotatable bonds is 6. The van der Waals surface area contributed by atoms with Gasteiger partial charge in [0, 0.05) is 18.9 Å². The molecule has 27 heavy (non-hydrogen) atoms. The number of unbranched alkanes of at least 4 members (excludes halogenated alkanes) is 1. The Hall–Kier alpha value is -3.28. The van der Waals surface area contributed by atoms with Crippen molar-refractivity contribution in [2.75, 3.05) is 7.11 Å². The Bertz CT molecular complexity index is 1020. The van der Waals surface area contributed by atoms with E-state index in [1.807, 2.05) is 0 Å². The molecular weight excluding hydrogens is 348 g/mol. The van der Waals surface area contributed by atoms with Crippen LogP contribution in [0.4, 0.5) is 0 Å². The van der Waals surface area contributed by atoms with E-state index < -0.39 is 0 Å². The Morgan fingerprint density at radius 3 is 2.44 bits per heavy atom. The number of carbonyl (C=O) groups excluding carboxylic acids is 1. The van der Waals surface area contributed by atoms with Crippen molar-refractivity contribution in [2.45, 2.75) is 25.7 Å². The van der Waals surface area contributed by atoms with Gasteiger partial charge in [-0.25, -0.2) is 0 Å². The van der Waals surface area contributed by atoms with Crippen molar-refractivity contribution in [2.24, 2.45) is 0 Å². The van der Waals surface area contributed by atoms with Crippen LogP contribution in [0.2, 0.25) is 0 Å². The van der Waals surface area contributed by atoms with Gasteiger partial charge in [-0.05, 0) is 42.7 Å². The maximum absolute atomic E-state index is 13.1. The van der Waals surface area contributed by atoms with Crippen LogP contribution in [-0.4, -0.2) is 23.3 Å². The number of hydrogen-bond acceptors (Lipinski definition) is 6. The van der Waals surface area contributed by atoms with Gasteiger partial charge in [0.25, 0.3) is 0 Å². The number of aryl methyl sites for hydroxylation is 1. The third-order valence-corrected chi connectivity index (χ3v) is 4.37. The molecule has 0 aliphatic carbocycles. The Labute approximate surface area is 155 Å². The number of phenolic OH excluding ortho intramolecular Hbond substituents is 2. The molecule has 0 unspecified atom stereocenters. The fourth-order valence-electron chi connectivity index (χ4n) is 2.98. The lowest BCUT2D eigenvalue weighted by molar-refractivity contribution is -0.140. The number of methoxy groups -OCH3 is 1. The Kier molecular flexibility index (Phi) is 5.45. The molecule has 6 nitrogen and oxygen atoms in total. The number of benzene rings is 2. The van der Waals surface area contributed by atoms with Crippen LogP contribution in [0.5, 0.6) is 11.5 Å². The number of ether oxygens (including phenoxy) is 1. The van der Waals surface area contributed by atoms with Crippen molar-refractivity contribution >= 4 is 16.9 Å². The molecule has 0 fully saturated rings. The minimum atomic E-state index is -0.279. The normalized spacial score (nSPS) is 10.9. The number of esters is 1. The second-order valence-corrected chi connectivity index (χ2v) is 6.24. The first-order valence-corrected chi connectivity index (χ1v) is 8.64. The van der Waals surface area contributed by atoms with E-state index in [1.54, 1.807) is 12.1 Å².